The first-order valence-corrected chi connectivity index (χ1v) is 9.99. The van der Waals surface area contributed by atoms with Crippen molar-refractivity contribution in [2.45, 2.75) is 52.2 Å². The van der Waals surface area contributed by atoms with Crippen molar-refractivity contribution in [2.75, 3.05) is 13.1 Å². The summed E-state index contributed by atoms with van der Waals surface area (Å²) in [7, 11) is 0. The van der Waals surface area contributed by atoms with Crippen LogP contribution in [0.2, 0.25) is 0 Å². The van der Waals surface area contributed by atoms with Gasteiger partial charge in [0.2, 0.25) is 0 Å². The lowest BCUT2D eigenvalue weighted by molar-refractivity contribution is 0.0862. The van der Waals surface area contributed by atoms with Crippen molar-refractivity contribution in [3.05, 3.63) is 41.6 Å². The van der Waals surface area contributed by atoms with E-state index in [1.165, 1.54) is 5.56 Å². The van der Waals surface area contributed by atoms with Crippen LogP contribution in [-0.4, -0.2) is 49.9 Å². The molecule has 1 aromatic carbocycles. The van der Waals surface area contributed by atoms with Gasteiger partial charge in [-0.25, -0.2) is 4.98 Å². The Labute approximate surface area is 166 Å². The first-order valence-electron chi connectivity index (χ1n) is 9.99. The number of aryl methyl sites for hydroxylation is 1. The molecule has 0 spiro atoms. The molecule has 0 bridgehead atoms. The van der Waals surface area contributed by atoms with E-state index in [1.807, 2.05) is 19.1 Å². The molecule has 0 radical (unpaired) electrons. The zero-order valence-corrected chi connectivity index (χ0v) is 17.1. The first kappa shape index (κ1) is 18.9. The lowest BCUT2D eigenvalue weighted by Gasteiger charge is -2.44. The van der Waals surface area contributed by atoms with Crippen molar-refractivity contribution in [3.8, 4) is 17.0 Å². The van der Waals surface area contributed by atoms with Gasteiger partial charge in [-0.05, 0) is 63.1 Å². The summed E-state index contributed by atoms with van der Waals surface area (Å²) in [4.78, 5) is 7.37. The van der Waals surface area contributed by atoms with Crippen molar-refractivity contribution in [3.63, 3.8) is 0 Å². The van der Waals surface area contributed by atoms with Crippen molar-refractivity contribution < 1.29 is 5.11 Å². The number of aromatic amines is 1. The molecule has 0 saturated carbocycles. The molecule has 28 heavy (non-hydrogen) atoms. The molecule has 3 aromatic rings. The van der Waals surface area contributed by atoms with Gasteiger partial charge in [-0.1, -0.05) is 6.92 Å². The van der Waals surface area contributed by atoms with Gasteiger partial charge in [0.1, 0.15) is 5.75 Å². The Bertz CT molecular complexity index is 977. The second-order valence-corrected chi connectivity index (χ2v) is 8.48. The van der Waals surface area contributed by atoms with Crippen LogP contribution in [0.4, 0.5) is 0 Å². The van der Waals surface area contributed by atoms with E-state index in [0.29, 0.717) is 6.04 Å². The van der Waals surface area contributed by atoms with Gasteiger partial charge < -0.3 is 10.4 Å². The number of rotatable bonds is 4. The molecule has 3 heterocycles. The summed E-state index contributed by atoms with van der Waals surface area (Å²) >= 11 is 0. The Hall–Kier alpha value is -2.44. The van der Waals surface area contributed by atoms with Crippen LogP contribution in [-0.2, 0) is 6.54 Å². The van der Waals surface area contributed by atoms with E-state index in [2.05, 4.69) is 47.3 Å². The minimum atomic E-state index is 0.100. The molecule has 1 aliphatic rings. The van der Waals surface area contributed by atoms with Crippen LogP contribution in [0.3, 0.4) is 0 Å². The summed E-state index contributed by atoms with van der Waals surface area (Å²) in [5, 5.41) is 21.9. The minimum Gasteiger partial charge on any atom is -0.508 e. The zero-order chi connectivity index (χ0) is 19.9. The molecular formula is C22H29N5O. The predicted molar refractivity (Wildman–Crippen MR) is 112 cm³/mol. The molecule has 0 unspecified atom stereocenters. The molecule has 3 N–H and O–H groups in total. The fourth-order valence-electron chi connectivity index (χ4n) is 4.20. The molecule has 1 atom stereocenters. The molecule has 6 nitrogen and oxygen atoms in total. The monoisotopic (exact) mass is 379 g/mol. The lowest BCUT2D eigenvalue weighted by atomic mass is 9.96. The van der Waals surface area contributed by atoms with Gasteiger partial charge in [0.15, 0.2) is 5.65 Å². The second-order valence-electron chi connectivity index (χ2n) is 8.48. The fourth-order valence-corrected chi connectivity index (χ4v) is 4.20. The highest BCUT2D eigenvalue weighted by atomic mass is 16.3. The van der Waals surface area contributed by atoms with Crippen LogP contribution in [0, 0.1) is 6.92 Å². The maximum atomic E-state index is 9.61. The van der Waals surface area contributed by atoms with Crippen LogP contribution >= 0.6 is 0 Å². The number of benzene rings is 1. The van der Waals surface area contributed by atoms with E-state index in [9.17, 15) is 5.11 Å². The third kappa shape index (κ3) is 3.62. The van der Waals surface area contributed by atoms with Gasteiger partial charge in [0, 0.05) is 42.2 Å². The van der Waals surface area contributed by atoms with Gasteiger partial charge in [-0.15, -0.1) is 0 Å². The second kappa shape index (κ2) is 7.18. The molecule has 0 aliphatic carbocycles. The normalized spacial score (nSPS) is 19.9. The summed E-state index contributed by atoms with van der Waals surface area (Å²) in [5.41, 5.74) is 5.03. The molecule has 4 rings (SSSR count). The maximum absolute atomic E-state index is 9.61. The molecule has 1 aliphatic heterocycles. The smallest absolute Gasteiger partial charge is 0.156 e. The zero-order valence-electron chi connectivity index (χ0n) is 17.1. The van der Waals surface area contributed by atoms with Gasteiger partial charge in [0.25, 0.3) is 0 Å². The average molecular weight is 380 g/mol. The van der Waals surface area contributed by atoms with Crippen LogP contribution < -0.4 is 5.32 Å². The molecule has 1 fully saturated rings. The summed E-state index contributed by atoms with van der Waals surface area (Å²) < 4.78 is 0. The third-order valence-electron chi connectivity index (χ3n) is 5.73. The molecule has 0 amide bonds. The van der Waals surface area contributed by atoms with Crippen LogP contribution in [0.25, 0.3) is 22.3 Å². The number of pyridine rings is 1. The molecular weight excluding hydrogens is 350 g/mol. The van der Waals surface area contributed by atoms with Gasteiger partial charge in [0.05, 0.1) is 11.4 Å². The largest absolute Gasteiger partial charge is 0.508 e. The lowest BCUT2D eigenvalue weighted by Crippen LogP contribution is -2.61. The first-order chi connectivity index (χ1) is 13.4. The number of phenols is 1. The maximum Gasteiger partial charge on any atom is 0.156 e. The number of aromatic nitrogens is 3. The standard InChI is InChI=1S/C22H29N5O/c1-5-17-11-23-22(3,4)13-27(17)12-16-10-19(15-6-8-18(28)9-7-15)24-21-20(16)14(2)25-26-21/h6-10,17,23,28H,5,11-13H2,1-4H3,(H,24,25,26)/t17-/m0/s1. The molecule has 6 heteroatoms. The topological polar surface area (TPSA) is 77.1 Å². The number of hydrogen-bond donors (Lipinski definition) is 3. The Morgan fingerprint density at radius 2 is 2.00 bits per heavy atom. The minimum absolute atomic E-state index is 0.100. The number of H-pyrrole nitrogens is 1. The highest BCUT2D eigenvalue weighted by Gasteiger charge is 2.32. The Morgan fingerprint density at radius 3 is 2.71 bits per heavy atom. The predicted octanol–water partition coefficient (Wildman–Crippen LogP) is 3.60. The van der Waals surface area contributed by atoms with Crippen LogP contribution in [0.1, 0.15) is 38.4 Å². The van der Waals surface area contributed by atoms with Gasteiger partial charge in [-0.3, -0.25) is 10.00 Å². The van der Waals surface area contributed by atoms with Gasteiger partial charge >= 0.3 is 0 Å². The average Bonchev–Trinajstić information content (AvgIpc) is 3.03. The Kier molecular flexibility index (Phi) is 4.85. The summed E-state index contributed by atoms with van der Waals surface area (Å²) in [6.45, 7) is 11.7. The highest BCUT2D eigenvalue weighted by Crippen LogP contribution is 2.29. The Balaban J connectivity index is 1.76. The molecule has 2 aromatic heterocycles. The number of phenolic OH excluding ortho intramolecular Hbond substituents is 1. The number of nitrogens with zero attached hydrogens (tertiary/aromatic N) is 3. The summed E-state index contributed by atoms with van der Waals surface area (Å²) in [6.07, 6.45) is 1.12. The SMILES string of the molecule is CC[C@H]1CNC(C)(C)CN1Cc1cc(-c2ccc(O)cc2)nc2[nH]nc(C)c12. The van der Waals surface area contributed by atoms with E-state index in [4.69, 9.17) is 4.98 Å². The number of fused-ring (bicyclic) bond motifs is 1. The summed E-state index contributed by atoms with van der Waals surface area (Å²) in [5.74, 6) is 0.260. The van der Waals surface area contributed by atoms with E-state index >= 15 is 0 Å². The van der Waals surface area contributed by atoms with Crippen LogP contribution in [0.5, 0.6) is 5.75 Å². The molecule has 1 saturated heterocycles. The van der Waals surface area contributed by atoms with E-state index in [-0.39, 0.29) is 11.3 Å². The third-order valence-corrected chi connectivity index (χ3v) is 5.73. The highest BCUT2D eigenvalue weighted by molar-refractivity contribution is 5.84. The van der Waals surface area contributed by atoms with E-state index in [0.717, 1.165) is 54.0 Å². The number of aromatic hydroxyl groups is 1. The van der Waals surface area contributed by atoms with Gasteiger partial charge in [-0.2, -0.15) is 5.10 Å². The number of nitrogens with one attached hydrogen (secondary N) is 2. The molecule has 148 valence electrons. The van der Waals surface area contributed by atoms with E-state index < -0.39 is 0 Å². The summed E-state index contributed by atoms with van der Waals surface area (Å²) in [6, 6.07) is 9.90. The number of hydrogen-bond acceptors (Lipinski definition) is 5. The Morgan fingerprint density at radius 1 is 1.25 bits per heavy atom. The van der Waals surface area contributed by atoms with Crippen molar-refractivity contribution in [2.24, 2.45) is 0 Å². The van der Waals surface area contributed by atoms with Crippen LogP contribution in [0.15, 0.2) is 30.3 Å². The van der Waals surface area contributed by atoms with Crippen molar-refractivity contribution >= 4 is 11.0 Å². The van der Waals surface area contributed by atoms with Crippen molar-refractivity contribution in [1.82, 2.24) is 25.4 Å². The van der Waals surface area contributed by atoms with E-state index in [1.54, 1.807) is 12.1 Å². The number of piperazine rings is 1. The quantitative estimate of drug-likeness (QED) is 0.646. The fraction of sp³-hybridized carbons (Fsp3) is 0.455. The van der Waals surface area contributed by atoms with Crippen molar-refractivity contribution in [1.29, 1.82) is 0 Å².